The summed E-state index contributed by atoms with van der Waals surface area (Å²) in [4.78, 5) is 0. The SMILES string of the molecule is C=CCO.CCCCCCCCCCCC[Te]CCCCCCCCCCCC. The van der Waals surface area contributed by atoms with E-state index in [0.29, 0.717) is 20.9 Å². The standard InChI is InChI=1S/C24H50Te.C3H6O/c1-3-5-7-9-11-13-15-17-19-21-23-25-24-22-20-18-16-14-12-10-8-6-4-2;1-2-3-4/h3-24H2,1-2H3;2,4H,1,3H2. The second-order valence-electron chi connectivity index (χ2n) is 8.45. The van der Waals surface area contributed by atoms with E-state index < -0.39 is 0 Å². The number of hydrogen-bond donors (Lipinski definition) is 1. The first-order chi connectivity index (χ1) is 14.3. The molecule has 0 spiro atoms. The molecule has 1 N–H and O–H groups in total. The molecule has 176 valence electrons. The van der Waals surface area contributed by atoms with Gasteiger partial charge in [0.25, 0.3) is 0 Å². The zero-order valence-corrected chi connectivity index (χ0v) is 22.7. The average molecular weight is 524 g/mol. The fourth-order valence-corrected chi connectivity index (χ4v) is 6.40. The Hall–Kier alpha value is 0.490. The van der Waals surface area contributed by atoms with Crippen LogP contribution in [0.25, 0.3) is 0 Å². The summed E-state index contributed by atoms with van der Waals surface area (Å²) in [5, 5.41) is 7.76. The summed E-state index contributed by atoms with van der Waals surface area (Å²) < 4.78 is 3.25. The maximum absolute atomic E-state index is 7.76. The van der Waals surface area contributed by atoms with E-state index in [0.717, 1.165) is 0 Å². The predicted octanol–water partition coefficient (Wildman–Crippen LogP) is 9.53. The van der Waals surface area contributed by atoms with Crippen molar-refractivity contribution < 1.29 is 5.11 Å². The fraction of sp³-hybridized carbons (Fsp3) is 0.926. The molecule has 0 aromatic rings. The molecule has 0 aliphatic rings. The summed E-state index contributed by atoms with van der Waals surface area (Å²) in [5.74, 6) is 0. The van der Waals surface area contributed by atoms with E-state index in [4.69, 9.17) is 5.11 Å². The number of aliphatic hydroxyl groups is 1. The monoisotopic (exact) mass is 526 g/mol. The van der Waals surface area contributed by atoms with Crippen LogP contribution in [0, 0.1) is 0 Å². The Bertz CT molecular complexity index is 245. The van der Waals surface area contributed by atoms with Gasteiger partial charge in [0, 0.05) is 0 Å². The maximum atomic E-state index is 7.76. The number of rotatable bonds is 23. The van der Waals surface area contributed by atoms with Crippen molar-refractivity contribution in [1.82, 2.24) is 0 Å². The van der Waals surface area contributed by atoms with Gasteiger partial charge in [0.1, 0.15) is 0 Å². The summed E-state index contributed by atoms with van der Waals surface area (Å²) >= 11 is 0.380. The summed E-state index contributed by atoms with van der Waals surface area (Å²) in [6.07, 6.45) is 31.2. The molecule has 0 saturated heterocycles. The van der Waals surface area contributed by atoms with Crippen molar-refractivity contribution in [1.29, 1.82) is 0 Å². The molecular formula is C27H56OTe. The van der Waals surface area contributed by atoms with E-state index in [1.807, 2.05) is 0 Å². The van der Waals surface area contributed by atoms with Crippen molar-refractivity contribution in [2.24, 2.45) is 0 Å². The van der Waals surface area contributed by atoms with Gasteiger partial charge >= 0.3 is 172 Å². The van der Waals surface area contributed by atoms with E-state index in [1.165, 1.54) is 122 Å². The first-order valence-electron chi connectivity index (χ1n) is 13.1. The Kier molecular flexibility index (Phi) is 36.2. The third-order valence-corrected chi connectivity index (χ3v) is 8.71. The van der Waals surface area contributed by atoms with Crippen LogP contribution in [0.15, 0.2) is 12.7 Å². The van der Waals surface area contributed by atoms with Gasteiger partial charge < -0.3 is 5.11 Å². The summed E-state index contributed by atoms with van der Waals surface area (Å²) in [5.41, 5.74) is 0. The predicted molar refractivity (Wildman–Crippen MR) is 136 cm³/mol. The van der Waals surface area contributed by atoms with Gasteiger partial charge in [-0.05, 0) is 0 Å². The molecule has 0 aromatic heterocycles. The van der Waals surface area contributed by atoms with Gasteiger partial charge in [-0.15, -0.1) is 6.58 Å². The van der Waals surface area contributed by atoms with Gasteiger partial charge in [-0.25, -0.2) is 0 Å². The van der Waals surface area contributed by atoms with E-state index in [-0.39, 0.29) is 6.61 Å². The molecule has 0 atom stereocenters. The normalized spacial score (nSPS) is 10.6. The van der Waals surface area contributed by atoms with Gasteiger partial charge in [-0.2, -0.15) is 0 Å². The molecule has 0 aliphatic heterocycles. The van der Waals surface area contributed by atoms with Gasteiger partial charge in [0.05, 0.1) is 6.61 Å². The molecule has 0 heterocycles. The quantitative estimate of drug-likeness (QED) is 0.0802. The van der Waals surface area contributed by atoms with Crippen LogP contribution in [0.5, 0.6) is 0 Å². The van der Waals surface area contributed by atoms with Crippen LogP contribution in [0.3, 0.4) is 0 Å². The number of unbranched alkanes of at least 4 members (excludes halogenated alkanes) is 18. The zero-order valence-electron chi connectivity index (χ0n) is 20.4. The molecule has 0 bridgehead atoms. The van der Waals surface area contributed by atoms with Gasteiger partial charge in [-0.3, -0.25) is 0 Å². The van der Waals surface area contributed by atoms with E-state index >= 15 is 0 Å². The first kappa shape index (κ1) is 31.7. The molecule has 0 aliphatic carbocycles. The van der Waals surface area contributed by atoms with Crippen LogP contribution in [-0.4, -0.2) is 32.6 Å². The van der Waals surface area contributed by atoms with Crippen molar-refractivity contribution >= 4 is 20.9 Å². The van der Waals surface area contributed by atoms with Crippen LogP contribution >= 0.6 is 0 Å². The fourth-order valence-electron chi connectivity index (χ4n) is 3.49. The van der Waals surface area contributed by atoms with Crippen molar-refractivity contribution in [3.05, 3.63) is 12.7 Å². The number of hydrogen-bond acceptors (Lipinski definition) is 1. The minimum absolute atomic E-state index is 0.0833. The Morgan fingerprint density at radius 3 is 1.00 bits per heavy atom. The minimum atomic E-state index is 0.0833. The molecular weight excluding hydrogens is 468 g/mol. The first-order valence-corrected chi connectivity index (χ1v) is 16.4. The molecule has 0 amide bonds. The second kappa shape index (κ2) is 33.1. The average Bonchev–Trinajstić information content (AvgIpc) is 2.75. The number of aliphatic hydroxyl groups excluding tert-OH is 1. The van der Waals surface area contributed by atoms with Crippen LogP contribution < -0.4 is 0 Å². The van der Waals surface area contributed by atoms with Crippen molar-refractivity contribution in [3.8, 4) is 0 Å². The third kappa shape index (κ3) is 36.2. The van der Waals surface area contributed by atoms with Gasteiger partial charge in [-0.1, -0.05) is 6.08 Å². The second-order valence-corrected chi connectivity index (χ2v) is 11.9. The van der Waals surface area contributed by atoms with Gasteiger partial charge in [0.15, 0.2) is 0 Å². The summed E-state index contributed by atoms with van der Waals surface area (Å²) in [6.45, 7) is 7.92. The zero-order chi connectivity index (χ0) is 21.7. The van der Waals surface area contributed by atoms with Crippen molar-refractivity contribution in [2.75, 3.05) is 6.61 Å². The Labute approximate surface area is 196 Å². The molecule has 0 radical (unpaired) electrons. The molecule has 0 unspecified atom stereocenters. The van der Waals surface area contributed by atoms with Crippen LogP contribution in [0.1, 0.15) is 142 Å². The molecule has 1 nitrogen and oxygen atoms in total. The van der Waals surface area contributed by atoms with E-state index in [2.05, 4.69) is 20.4 Å². The summed E-state index contributed by atoms with van der Waals surface area (Å²) in [6, 6.07) is 0. The van der Waals surface area contributed by atoms with Crippen molar-refractivity contribution in [3.63, 3.8) is 0 Å². The molecule has 29 heavy (non-hydrogen) atoms. The van der Waals surface area contributed by atoms with E-state index in [9.17, 15) is 0 Å². The summed E-state index contributed by atoms with van der Waals surface area (Å²) in [7, 11) is 0. The van der Waals surface area contributed by atoms with Crippen molar-refractivity contribution in [2.45, 2.75) is 151 Å². The van der Waals surface area contributed by atoms with E-state index in [1.54, 1.807) is 21.8 Å². The van der Waals surface area contributed by atoms with Crippen LogP contribution in [-0.2, 0) is 0 Å². The molecule has 0 rings (SSSR count). The molecule has 2 heteroatoms. The topological polar surface area (TPSA) is 20.2 Å². The molecule has 0 aromatic carbocycles. The van der Waals surface area contributed by atoms with Crippen LogP contribution in [0.2, 0.25) is 8.94 Å². The molecule has 0 saturated carbocycles. The Balaban J connectivity index is 0. The third-order valence-electron chi connectivity index (χ3n) is 5.41. The van der Waals surface area contributed by atoms with Gasteiger partial charge in [0.2, 0.25) is 0 Å². The van der Waals surface area contributed by atoms with Crippen LogP contribution in [0.4, 0.5) is 0 Å². The Morgan fingerprint density at radius 1 is 0.517 bits per heavy atom. The molecule has 0 fully saturated rings. The Morgan fingerprint density at radius 2 is 0.759 bits per heavy atom.